The average Bonchev–Trinajstić information content (AvgIpc) is 3.09. The largest absolute Gasteiger partial charge is 0.351 e. The molecule has 1 aromatic heterocycles. The molecule has 2 aromatic rings. The molecule has 0 spiro atoms. The van der Waals surface area contributed by atoms with Crippen LogP contribution in [-0.4, -0.2) is 42.0 Å². The van der Waals surface area contributed by atoms with Crippen molar-refractivity contribution in [2.24, 2.45) is 5.73 Å². The quantitative estimate of drug-likeness (QED) is 0.635. The molecule has 2 unspecified atom stereocenters. The number of carbonyl (C=O) groups excluding carboxylic acids is 2. The normalized spacial score (nSPS) is 19.8. The number of carbonyl (C=O) groups is 2. The number of nitrogens with zero attached hydrogens (tertiary/aromatic N) is 1. The van der Waals surface area contributed by atoms with Crippen LogP contribution in [0.3, 0.4) is 0 Å². The number of pyridine rings is 1. The highest BCUT2D eigenvalue weighted by molar-refractivity contribution is 5.96. The maximum Gasteiger partial charge on any atom is 0.241 e. The van der Waals surface area contributed by atoms with Gasteiger partial charge in [0.2, 0.25) is 11.8 Å². The molecule has 1 fully saturated rings. The standard InChI is InChI=1S/C18H23N5O2/c1-2-11-3-4-12-6-13(9-20-15(12)5-11)23-18(25)16-7-14(10-21-16)22-17(24)8-19/h3-6,9,14,16,21H,2,7-8,10,19H2,1H3,(H,22,24)(H,23,25). The van der Waals surface area contributed by atoms with E-state index in [1.165, 1.54) is 5.56 Å². The molecule has 1 saturated heterocycles. The number of aryl methyl sites for hydroxylation is 1. The summed E-state index contributed by atoms with van der Waals surface area (Å²) in [5.74, 6) is -0.339. The molecule has 2 amide bonds. The second kappa shape index (κ2) is 7.58. The van der Waals surface area contributed by atoms with Gasteiger partial charge in [0.1, 0.15) is 0 Å². The first-order valence-electron chi connectivity index (χ1n) is 8.51. The highest BCUT2D eigenvalue weighted by Gasteiger charge is 2.30. The van der Waals surface area contributed by atoms with Crippen LogP contribution in [0.15, 0.2) is 30.5 Å². The molecule has 1 aliphatic heterocycles. The van der Waals surface area contributed by atoms with Crippen molar-refractivity contribution in [2.75, 3.05) is 18.4 Å². The van der Waals surface area contributed by atoms with Crippen LogP contribution in [-0.2, 0) is 16.0 Å². The smallest absolute Gasteiger partial charge is 0.241 e. The highest BCUT2D eigenvalue weighted by atomic mass is 16.2. The first-order valence-corrected chi connectivity index (χ1v) is 8.51. The van der Waals surface area contributed by atoms with Crippen LogP contribution in [0.2, 0.25) is 0 Å². The van der Waals surface area contributed by atoms with Crippen molar-refractivity contribution in [1.29, 1.82) is 0 Å². The lowest BCUT2D eigenvalue weighted by atomic mass is 10.1. The molecule has 2 atom stereocenters. The summed E-state index contributed by atoms with van der Waals surface area (Å²) in [5, 5.41) is 9.79. The second-order valence-electron chi connectivity index (χ2n) is 6.26. The topological polar surface area (TPSA) is 109 Å². The molecule has 5 N–H and O–H groups in total. The minimum absolute atomic E-state index is 0.0458. The minimum atomic E-state index is -0.346. The van der Waals surface area contributed by atoms with Crippen molar-refractivity contribution in [3.8, 4) is 0 Å². The zero-order valence-corrected chi connectivity index (χ0v) is 14.2. The van der Waals surface area contributed by atoms with Gasteiger partial charge in [-0.2, -0.15) is 0 Å². The molecule has 1 aromatic carbocycles. The van der Waals surface area contributed by atoms with E-state index in [2.05, 4.69) is 40.0 Å². The molecular weight excluding hydrogens is 318 g/mol. The number of aromatic nitrogens is 1. The summed E-state index contributed by atoms with van der Waals surface area (Å²) in [5.41, 5.74) is 8.11. The molecular formula is C18H23N5O2. The van der Waals surface area contributed by atoms with E-state index in [1.807, 2.05) is 12.1 Å². The lowest BCUT2D eigenvalue weighted by Gasteiger charge is -2.12. The monoisotopic (exact) mass is 341 g/mol. The molecule has 0 aliphatic carbocycles. The number of amides is 2. The van der Waals surface area contributed by atoms with Crippen molar-refractivity contribution in [3.05, 3.63) is 36.0 Å². The fourth-order valence-corrected chi connectivity index (χ4v) is 3.02. The predicted octanol–water partition coefficient (Wildman–Crippen LogP) is 0.541. The number of fused-ring (bicyclic) bond motifs is 1. The summed E-state index contributed by atoms with van der Waals surface area (Å²) >= 11 is 0. The van der Waals surface area contributed by atoms with E-state index in [0.29, 0.717) is 18.7 Å². The van der Waals surface area contributed by atoms with Gasteiger partial charge >= 0.3 is 0 Å². The van der Waals surface area contributed by atoms with Gasteiger partial charge in [-0.3, -0.25) is 14.6 Å². The first-order chi connectivity index (χ1) is 12.1. The van der Waals surface area contributed by atoms with Gasteiger partial charge in [0.15, 0.2) is 0 Å². The van der Waals surface area contributed by atoms with E-state index in [-0.39, 0.29) is 30.4 Å². The average molecular weight is 341 g/mol. The third kappa shape index (κ3) is 4.12. The SMILES string of the molecule is CCc1ccc2cc(NC(=O)C3CC(NC(=O)CN)CN3)cnc2c1. The Bertz CT molecular complexity index is 792. The van der Waals surface area contributed by atoms with E-state index in [1.54, 1.807) is 6.20 Å². The predicted molar refractivity (Wildman–Crippen MR) is 97.1 cm³/mol. The first kappa shape index (κ1) is 17.3. The van der Waals surface area contributed by atoms with Crippen LogP contribution < -0.4 is 21.7 Å². The fourth-order valence-electron chi connectivity index (χ4n) is 3.02. The Kier molecular flexibility index (Phi) is 5.25. The number of hydrogen-bond acceptors (Lipinski definition) is 5. The zero-order chi connectivity index (χ0) is 17.8. The second-order valence-corrected chi connectivity index (χ2v) is 6.26. The molecule has 7 nitrogen and oxygen atoms in total. The van der Waals surface area contributed by atoms with Crippen LogP contribution in [0.5, 0.6) is 0 Å². The van der Waals surface area contributed by atoms with Gasteiger partial charge in [-0.1, -0.05) is 19.1 Å². The number of nitrogens with two attached hydrogens (primary N) is 1. The lowest BCUT2D eigenvalue weighted by Crippen LogP contribution is -2.39. The van der Waals surface area contributed by atoms with E-state index in [0.717, 1.165) is 17.3 Å². The van der Waals surface area contributed by atoms with Crippen molar-refractivity contribution in [1.82, 2.24) is 15.6 Å². The van der Waals surface area contributed by atoms with E-state index < -0.39 is 0 Å². The van der Waals surface area contributed by atoms with Crippen molar-refractivity contribution >= 4 is 28.4 Å². The highest BCUT2D eigenvalue weighted by Crippen LogP contribution is 2.19. The number of benzene rings is 1. The molecule has 1 aliphatic rings. The maximum absolute atomic E-state index is 12.4. The Morgan fingerprint density at radius 2 is 2.20 bits per heavy atom. The van der Waals surface area contributed by atoms with Gasteiger partial charge < -0.3 is 21.7 Å². The van der Waals surface area contributed by atoms with Gasteiger partial charge in [0.25, 0.3) is 0 Å². The maximum atomic E-state index is 12.4. The zero-order valence-electron chi connectivity index (χ0n) is 14.2. The van der Waals surface area contributed by atoms with Gasteiger partial charge in [-0.25, -0.2) is 0 Å². The van der Waals surface area contributed by atoms with Crippen LogP contribution in [0.1, 0.15) is 18.9 Å². The summed E-state index contributed by atoms with van der Waals surface area (Å²) in [4.78, 5) is 28.2. The Labute approximate surface area is 146 Å². The molecule has 25 heavy (non-hydrogen) atoms. The summed E-state index contributed by atoms with van der Waals surface area (Å²) in [6, 6.07) is 7.64. The fraction of sp³-hybridized carbons (Fsp3) is 0.389. The summed E-state index contributed by atoms with van der Waals surface area (Å²) in [6.07, 6.45) is 3.17. The number of hydrogen-bond donors (Lipinski definition) is 4. The van der Waals surface area contributed by atoms with Gasteiger partial charge in [-0.05, 0) is 30.5 Å². The third-order valence-electron chi connectivity index (χ3n) is 4.42. The van der Waals surface area contributed by atoms with Gasteiger partial charge in [-0.15, -0.1) is 0 Å². The van der Waals surface area contributed by atoms with E-state index >= 15 is 0 Å². The van der Waals surface area contributed by atoms with E-state index in [4.69, 9.17) is 5.73 Å². The number of anilines is 1. The molecule has 2 heterocycles. The van der Waals surface area contributed by atoms with Crippen molar-refractivity contribution < 1.29 is 9.59 Å². The third-order valence-corrected chi connectivity index (χ3v) is 4.42. The lowest BCUT2D eigenvalue weighted by molar-refractivity contribution is -0.121. The molecule has 3 rings (SSSR count). The summed E-state index contributed by atoms with van der Waals surface area (Å²) in [6.45, 7) is 2.61. The molecule has 7 heteroatoms. The van der Waals surface area contributed by atoms with Crippen LogP contribution in [0, 0.1) is 0 Å². The molecule has 0 bridgehead atoms. The number of nitrogens with one attached hydrogen (secondary N) is 3. The van der Waals surface area contributed by atoms with Gasteiger partial charge in [0.05, 0.1) is 30.0 Å². The Morgan fingerprint density at radius 3 is 2.96 bits per heavy atom. The Balaban J connectivity index is 1.63. The van der Waals surface area contributed by atoms with Crippen LogP contribution in [0.4, 0.5) is 5.69 Å². The minimum Gasteiger partial charge on any atom is -0.351 e. The number of rotatable bonds is 5. The Hall–Kier alpha value is -2.51. The summed E-state index contributed by atoms with van der Waals surface area (Å²) in [7, 11) is 0. The molecule has 132 valence electrons. The Morgan fingerprint density at radius 1 is 1.36 bits per heavy atom. The molecule has 0 saturated carbocycles. The van der Waals surface area contributed by atoms with E-state index in [9.17, 15) is 9.59 Å². The van der Waals surface area contributed by atoms with Gasteiger partial charge in [0, 0.05) is 18.0 Å². The van der Waals surface area contributed by atoms with Crippen molar-refractivity contribution in [2.45, 2.75) is 31.8 Å². The molecule has 0 radical (unpaired) electrons. The van der Waals surface area contributed by atoms with Crippen LogP contribution >= 0.6 is 0 Å². The summed E-state index contributed by atoms with van der Waals surface area (Å²) < 4.78 is 0. The van der Waals surface area contributed by atoms with Crippen LogP contribution in [0.25, 0.3) is 10.9 Å². The van der Waals surface area contributed by atoms with Crippen molar-refractivity contribution in [3.63, 3.8) is 0 Å².